The van der Waals surface area contributed by atoms with Crippen LogP contribution in [-0.4, -0.2) is 69.1 Å². The van der Waals surface area contributed by atoms with Crippen molar-refractivity contribution >= 4 is 10.2 Å². The summed E-state index contributed by atoms with van der Waals surface area (Å²) >= 11 is 0. The fourth-order valence-electron chi connectivity index (χ4n) is 3.24. The molecule has 0 aromatic carbocycles. The standard InChI is InChI=1S/C14H29N3O3S/c1-12-5-4-7-16(9-12)8-6-15-21(18,19)17-10-13(2)20-14(3)11-17/h12-15H,4-11H2,1-3H3/t12-,13-,14+/m0/s1. The molecule has 0 aromatic heterocycles. The molecule has 6 nitrogen and oxygen atoms in total. The van der Waals surface area contributed by atoms with E-state index in [1.165, 1.54) is 17.1 Å². The fourth-order valence-corrected chi connectivity index (χ4v) is 4.58. The molecule has 0 aliphatic carbocycles. The van der Waals surface area contributed by atoms with Crippen molar-refractivity contribution in [1.82, 2.24) is 13.9 Å². The Bertz CT molecular complexity index is 419. The van der Waals surface area contributed by atoms with Crippen LogP contribution in [0.4, 0.5) is 0 Å². The number of rotatable bonds is 5. The van der Waals surface area contributed by atoms with Gasteiger partial charge in [0.2, 0.25) is 0 Å². The van der Waals surface area contributed by atoms with Gasteiger partial charge < -0.3 is 9.64 Å². The van der Waals surface area contributed by atoms with Crippen molar-refractivity contribution in [3.63, 3.8) is 0 Å². The largest absolute Gasteiger partial charge is 0.373 e. The Hall–Kier alpha value is -0.210. The third-order valence-corrected chi connectivity index (χ3v) is 5.73. The minimum absolute atomic E-state index is 0.0479. The van der Waals surface area contributed by atoms with Crippen molar-refractivity contribution in [2.45, 2.75) is 45.8 Å². The van der Waals surface area contributed by atoms with Gasteiger partial charge >= 0.3 is 0 Å². The molecule has 0 bridgehead atoms. The first-order valence-corrected chi connectivity index (χ1v) is 9.43. The van der Waals surface area contributed by atoms with Gasteiger partial charge in [0.15, 0.2) is 0 Å². The number of hydrogen-bond donors (Lipinski definition) is 1. The predicted octanol–water partition coefficient (Wildman–Crippen LogP) is 0.662. The first-order chi connectivity index (χ1) is 9.87. The lowest BCUT2D eigenvalue weighted by molar-refractivity contribution is -0.0444. The summed E-state index contributed by atoms with van der Waals surface area (Å²) in [6.45, 7) is 10.4. The van der Waals surface area contributed by atoms with Crippen LogP contribution in [0.3, 0.4) is 0 Å². The first kappa shape index (κ1) is 17.1. The molecule has 2 saturated heterocycles. The molecule has 0 unspecified atom stereocenters. The van der Waals surface area contributed by atoms with E-state index in [4.69, 9.17) is 4.74 Å². The maximum Gasteiger partial charge on any atom is 0.279 e. The SMILES string of the molecule is C[C@H]1CCCN(CCNS(=O)(=O)N2C[C@@H](C)O[C@@H](C)C2)C1. The smallest absolute Gasteiger partial charge is 0.279 e. The quantitative estimate of drug-likeness (QED) is 0.809. The van der Waals surface area contributed by atoms with Crippen LogP contribution in [0.15, 0.2) is 0 Å². The average molecular weight is 319 g/mol. The molecular weight excluding hydrogens is 290 g/mol. The zero-order valence-electron chi connectivity index (χ0n) is 13.4. The van der Waals surface area contributed by atoms with Crippen molar-refractivity contribution in [3.05, 3.63) is 0 Å². The zero-order chi connectivity index (χ0) is 15.5. The molecule has 2 heterocycles. The zero-order valence-corrected chi connectivity index (χ0v) is 14.2. The summed E-state index contributed by atoms with van der Waals surface area (Å²) in [5, 5.41) is 0. The predicted molar refractivity (Wildman–Crippen MR) is 83.3 cm³/mol. The van der Waals surface area contributed by atoms with Crippen LogP contribution in [0.1, 0.15) is 33.6 Å². The molecule has 21 heavy (non-hydrogen) atoms. The highest BCUT2D eigenvalue weighted by molar-refractivity contribution is 7.87. The van der Waals surface area contributed by atoms with Gasteiger partial charge in [0.1, 0.15) is 0 Å². The monoisotopic (exact) mass is 319 g/mol. The molecular formula is C14H29N3O3S. The summed E-state index contributed by atoms with van der Waals surface area (Å²) in [5.41, 5.74) is 0. The van der Waals surface area contributed by atoms with E-state index in [-0.39, 0.29) is 12.2 Å². The van der Waals surface area contributed by atoms with Crippen LogP contribution in [-0.2, 0) is 14.9 Å². The van der Waals surface area contributed by atoms with E-state index >= 15 is 0 Å². The maximum atomic E-state index is 12.3. The Kier molecular flexibility index (Phi) is 6.02. The molecule has 2 rings (SSSR count). The molecule has 7 heteroatoms. The summed E-state index contributed by atoms with van der Waals surface area (Å²) in [6, 6.07) is 0. The van der Waals surface area contributed by atoms with Gasteiger partial charge in [-0.25, -0.2) is 4.72 Å². The maximum absolute atomic E-state index is 12.3. The number of hydrogen-bond acceptors (Lipinski definition) is 4. The van der Waals surface area contributed by atoms with E-state index < -0.39 is 10.2 Å². The lowest BCUT2D eigenvalue weighted by Gasteiger charge is -2.35. The molecule has 0 amide bonds. The molecule has 0 spiro atoms. The highest BCUT2D eigenvalue weighted by Crippen LogP contribution is 2.15. The summed E-state index contributed by atoms with van der Waals surface area (Å²) < 4.78 is 34.5. The Labute approximate surface area is 129 Å². The van der Waals surface area contributed by atoms with Crippen LogP contribution in [0, 0.1) is 5.92 Å². The van der Waals surface area contributed by atoms with E-state index in [2.05, 4.69) is 16.5 Å². The van der Waals surface area contributed by atoms with E-state index in [0.717, 1.165) is 25.6 Å². The van der Waals surface area contributed by atoms with Crippen molar-refractivity contribution in [2.24, 2.45) is 5.92 Å². The lowest BCUT2D eigenvalue weighted by atomic mass is 10.0. The third kappa shape index (κ3) is 5.17. The van der Waals surface area contributed by atoms with Gasteiger partial charge in [-0.2, -0.15) is 12.7 Å². The Morgan fingerprint density at radius 1 is 1.14 bits per heavy atom. The molecule has 3 atom stereocenters. The third-order valence-electron chi connectivity index (χ3n) is 4.18. The molecule has 0 radical (unpaired) electrons. The Balaban J connectivity index is 1.78. The van der Waals surface area contributed by atoms with E-state index in [0.29, 0.717) is 19.6 Å². The van der Waals surface area contributed by atoms with Crippen molar-refractivity contribution < 1.29 is 13.2 Å². The molecule has 0 aromatic rings. The van der Waals surface area contributed by atoms with Gasteiger partial charge in [-0.15, -0.1) is 0 Å². The second-order valence-corrected chi connectivity index (χ2v) is 8.28. The van der Waals surface area contributed by atoms with Crippen molar-refractivity contribution in [2.75, 3.05) is 39.3 Å². The minimum Gasteiger partial charge on any atom is -0.373 e. The summed E-state index contributed by atoms with van der Waals surface area (Å²) in [4.78, 5) is 2.35. The fraction of sp³-hybridized carbons (Fsp3) is 1.00. The first-order valence-electron chi connectivity index (χ1n) is 7.99. The molecule has 2 fully saturated rings. The number of ether oxygens (including phenoxy) is 1. The molecule has 124 valence electrons. The van der Waals surface area contributed by atoms with Gasteiger partial charge in [-0.3, -0.25) is 0 Å². The normalized spacial score (nSPS) is 33.2. The van der Waals surface area contributed by atoms with Crippen LogP contribution < -0.4 is 4.72 Å². The number of likely N-dealkylation sites (tertiary alicyclic amines) is 1. The van der Waals surface area contributed by atoms with Crippen LogP contribution in [0.5, 0.6) is 0 Å². The number of nitrogens with zero attached hydrogens (tertiary/aromatic N) is 2. The number of nitrogens with one attached hydrogen (secondary N) is 1. The summed E-state index contributed by atoms with van der Waals surface area (Å²) in [5.74, 6) is 0.719. The van der Waals surface area contributed by atoms with Crippen LogP contribution in [0.2, 0.25) is 0 Å². The summed E-state index contributed by atoms with van der Waals surface area (Å²) in [7, 11) is -3.39. The van der Waals surface area contributed by atoms with Gasteiger partial charge in [-0.05, 0) is 39.2 Å². The Morgan fingerprint density at radius 2 is 1.81 bits per heavy atom. The second kappa shape index (κ2) is 7.37. The number of piperidine rings is 1. The van der Waals surface area contributed by atoms with Crippen molar-refractivity contribution in [3.8, 4) is 0 Å². The molecule has 0 saturated carbocycles. The van der Waals surface area contributed by atoms with E-state index in [1.54, 1.807) is 0 Å². The van der Waals surface area contributed by atoms with Gasteiger partial charge in [-0.1, -0.05) is 6.92 Å². The van der Waals surface area contributed by atoms with Gasteiger partial charge in [0.25, 0.3) is 10.2 Å². The van der Waals surface area contributed by atoms with Gasteiger partial charge in [0.05, 0.1) is 12.2 Å². The van der Waals surface area contributed by atoms with E-state index in [1.807, 2.05) is 13.8 Å². The van der Waals surface area contributed by atoms with Crippen LogP contribution >= 0.6 is 0 Å². The van der Waals surface area contributed by atoms with Gasteiger partial charge in [0, 0.05) is 32.7 Å². The summed E-state index contributed by atoms with van der Waals surface area (Å²) in [6.07, 6.45) is 2.40. The molecule has 2 aliphatic heterocycles. The average Bonchev–Trinajstić information content (AvgIpc) is 2.37. The second-order valence-electron chi connectivity index (χ2n) is 6.52. The highest BCUT2D eigenvalue weighted by Gasteiger charge is 2.30. The topological polar surface area (TPSA) is 61.9 Å². The lowest BCUT2D eigenvalue weighted by Crippen LogP contribution is -2.52. The minimum atomic E-state index is -3.39. The molecule has 1 N–H and O–H groups in total. The van der Waals surface area contributed by atoms with E-state index in [9.17, 15) is 8.42 Å². The molecule has 2 aliphatic rings. The number of morpholine rings is 1. The van der Waals surface area contributed by atoms with Crippen LogP contribution in [0.25, 0.3) is 0 Å². The Morgan fingerprint density at radius 3 is 2.43 bits per heavy atom. The van der Waals surface area contributed by atoms with Crippen molar-refractivity contribution in [1.29, 1.82) is 0 Å². The highest BCUT2D eigenvalue weighted by atomic mass is 32.2.